The zero-order chi connectivity index (χ0) is 20.4. The Hall–Kier alpha value is -3.26. The number of aromatic hydroxyl groups is 1. The number of hydrogen-bond acceptors (Lipinski definition) is 8. The summed E-state index contributed by atoms with van der Waals surface area (Å²) in [6.45, 7) is 0. The van der Waals surface area contributed by atoms with E-state index in [0.717, 1.165) is 0 Å². The molecule has 1 N–H and O–H groups in total. The monoisotopic (exact) mass is 402 g/mol. The number of benzene rings is 2. The Morgan fingerprint density at radius 1 is 0.893 bits per heavy atom. The number of hydrogen-bond donors (Lipinski definition) is 1. The predicted molar refractivity (Wildman–Crippen MR) is 105 cm³/mol. The third-order valence-corrected chi connectivity index (χ3v) is 5.27. The molecule has 8 heteroatoms. The fraction of sp³-hybridized carbons (Fsp3) is 0.200. The van der Waals surface area contributed by atoms with Gasteiger partial charge in [0.2, 0.25) is 0 Å². The second kappa shape index (κ2) is 7.77. The first-order valence-corrected chi connectivity index (χ1v) is 9.01. The average molecular weight is 402 g/mol. The van der Waals surface area contributed by atoms with Crippen molar-refractivity contribution in [1.29, 1.82) is 0 Å². The molecule has 28 heavy (non-hydrogen) atoms. The summed E-state index contributed by atoms with van der Waals surface area (Å²) in [5.41, 5.74) is 0.714. The quantitative estimate of drug-likeness (QED) is 0.648. The van der Waals surface area contributed by atoms with Crippen LogP contribution in [0.25, 0.3) is 21.2 Å². The Bertz CT molecular complexity index is 1070. The van der Waals surface area contributed by atoms with E-state index in [2.05, 4.69) is 0 Å². The van der Waals surface area contributed by atoms with Crippen LogP contribution in [-0.2, 0) is 9.47 Å². The largest absolute Gasteiger partial charge is 0.506 e. The molecule has 0 amide bonds. The molecule has 3 rings (SSSR count). The standard InChI is InChI=1S/C20H18O7S/c1-24-12-6-5-10(9-13(12)25-2)14-15(19(22)26-3)16(20(23)27-4)17(21)11-7-8-28-18(11)14/h5-9,21H,1-4H3. The summed E-state index contributed by atoms with van der Waals surface area (Å²) in [7, 11) is 5.40. The number of phenolic OH excluding ortho intramolecular Hbond substituents is 1. The van der Waals surface area contributed by atoms with Gasteiger partial charge in [-0.15, -0.1) is 11.3 Å². The van der Waals surface area contributed by atoms with Gasteiger partial charge < -0.3 is 24.1 Å². The topological polar surface area (TPSA) is 91.3 Å². The van der Waals surface area contributed by atoms with Crippen LogP contribution in [0.15, 0.2) is 29.6 Å². The van der Waals surface area contributed by atoms with Gasteiger partial charge in [0.25, 0.3) is 0 Å². The van der Waals surface area contributed by atoms with Gasteiger partial charge in [0.05, 0.1) is 34.0 Å². The molecule has 0 aliphatic carbocycles. The van der Waals surface area contributed by atoms with Crippen molar-refractivity contribution >= 4 is 33.4 Å². The first kappa shape index (κ1) is 19.5. The molecule has 0 fully saturated rings. The first-order valence-electron chi connectivity index (χ1n) is 8.13. The minimum Gasteiger partial charge on any atom is -0.506 e. The molecule has 3 aromatic rings. The number of rotatable bonds is 5. The number of esters is 2. The maximum Gasteiger partial charge on any atom is 0.342 e. The van der Waals surface area contributed by atoms with E-state index < -0.39 is 11.9 Å². The Balaban J connectivity index is 2.48. The molecule has 0 radical (unpaired) electrons. The summed E-state index contributed by atoms with van der Waals surface area (Å²) in [5.74, 6) is -0.968. The van der Waals surface area contributed by atoms with Gasteiger partial charge in [-0.1, -0.05) is 6.07 Å². The van der Waals surface area contributed by atoms with Crippen LogP contribution in [0.1, 0.15) is 20.7 Å². The lowest BCUT2D eigenvalue weighted by Gasteiger charge is -2.17. The molecule has 0 atom stereocenters. The third-order valence-electron chi connectivity index (χ3n) is 4.34. The minimum atomic E-state index is -0.840. The van der Waals surface area contributed by atoms with Crippen molar-refractivity contribution in [1.82, 2.24) is 0 Å². The van der Waals surface area contributed by atoms with E-state index in [4.69, 9.17) is 18.9 Å². The molecule has 7 nitrogen and oxygen atoms in total. The molecule has 146 valence electrons. The van der Waals surface area contributed by atoms with E-state index in [1.807, 2.05) is 0 Å². The molecule has 2 aromatic carbocycles. The summed E-state index contributed by atoms with van der Waals surface area (Å²) in [4.78, 5) is 25.1. The number of carbonyl (C=O) groups excluding carboxylic acids is 2. The fourth-order valence-electron chi connectivity index (χ4n) is 3.06. The Kier molecular flexibility index (Phi) is 5.41. The maximum absolute atomic E-state index is 12.7. The van der Waals surface area contributed by atoms with Crippen LogP contribution in [0, 0.1) is 0 Å². The fourth-order valence-corrected chi connectivity index (χ4v) is 4.02. The zero-order valence-electron chi connectivity index (χ0n) is 15.7. The molecule has 1 heterocycles. The lowest BCUT2D eigenvalue weighted by Crippen LogP contribution is -2.14. The van der Waals surface area contributed by atoms with Crippen LogP contribution < -0.4 is 9.47 Å². The third kappa shape index (κ3) is 3.01. The van der Waals surface area contributed by atoms with Crippen molar-refractivity contribution in [3.05, 3.63) is 40.8 Å². The zero-order valence-corrected chi connectivity index (χ0v) is 16.5. The van der Waals surface area contributed by atoms with E-state index in [0.29, 0.717) is 32.7 Å². The van der Waals surface area contributed by atoms with Gasteiger partial charge in [-0.2, -0.15) is 0 Å². The molecular weight excluding hydrogens is 384 g/mol. The van der Waals surface area contributed by atoms with Crippen LogP contribution in [0.4, 0.5) is 0 Å². The van der Waals surface area contributed by atoms with Crippen LogP contribution in [0.2, 0.25) is 0 Å². The van der Waals surface area contributed by atoms with E-state index in [9.17, 15) is 14.7 Å². The molecular formula is C20H18O7S. The first-order chi connectivity index (χ1) is 13.5. The van der Waals surface area contributed by atoms with Crippen molar-refractivity contribution in [3.8, 4) is 28.4 Å². The maximum atomic E-state index is 12.7. The molecule has 0 unspecified atom stereocenters. The summed E-state index contributed by atoms with van der Waals surface area (Å²) in [6, 6.07) is 6.80. The second-order valence-electron chi connectivity index (χ2n) is 5.69. The average Bonchev–Trinajstić information content (AvgIpc) is 3.22. The molecule has 0 aliphatic heterocycles. The van der Waals surface area contributed by atoms with Gasteiger partial charge in [0.1, 0.15) is 11.3 Å². The smallest absolute Gasteiger partial charge is 0.342 e. The van der Waals surface area contributed by atoms with Crippen LogP contribution in [-0.4, -0.2) is 45.5 Å². The summed E-state index contributed by atoms with van der Waals surface area (Å²) < 4.78 is 21.0. The minimum absolute atomic E-state index is 0.0750. The van der Waals surface area contributed by atoms with Crippen molar-refractivity contribution in [3.63, 3.8) is 0 Å². The van der Waals surface area contributed by atoms with Gasteiger partial charge in [-0.25, -0.2) is 9.59 Å². The van der Waals surface area contributed by atoms with Crippen LogP contribution in [0.3, 0.4) is 0 Å². The highest BCUT2D eigenvalue weighted by atomic mass is 32.1. The number of thiophene rings is 1. The summed E-state index contributed by atoms with van der Waals surface area (Å²) >= 11 is 1.32. The molecule has 1 aromatic heterocycles. The Labute approximate surface area is 165 Å². The van der Waals surface area contributed by atoms with Gasteiger partial charge in [0.15, 0.2) is 11.5 Å². The normalized spacial score (nSPS) is 10.6. The van der Waals surface area contributed by atoms with Crippen molar-refractivity contribution in [2.45, 2.75) is 0 Å². The summed E-state index contributed by atoms with van der Waals surface area (Å²) in [6.07, 6.45) is 0. The Morgan fingerprint density at radius 3 is 2.14 bits per heavy atom. The Morgan fingerprint density at radius 2 is 1.54 bits per heavy atom. The van der Waals surface area contributed by atoms with Crippen molar-refractivity contribution in [2.75, 3.05) is 28.4 Å². The number of carbonyl (C=O) groups is 2. The van der Waals surface area contributed by atoms with Crippen LogP contribution in [0.5, 0.6) is 17.2 Å². The summed E-state index contributed by atoms with van der Waals surface area (Å²) in [5, 5.41) is 12.9. The number of ether oxygens (including phenoxy) is 4. The molecule has 0 aliphatic rings. The molecule has 0 bridgehead atoms. The van der Waals surface area contributed by atoms with Gasteiger partial charge >= 0.3 is 11.9 Å². The SMILES string of the molecule is COC(=O)c1c(C(=O)OC)c(-c2ccc(OC)c(OC)c2)c2sccc2c1O. The second-order valence-corrected chi connectivity index (χ2v) is 6.61. The van der Waals surface area contributed by atoms with Gasteiger partial charge in [-0.05, 0) is 29.1 Å². The predicted octanol–water partition coefficient (Wildman–Crippen LogP) is 3.86. The van der Waals surface area contributed by atoms with Gasteiger partial charge in [-0.3, -0.25) is 0 Å². The molecule has 0 saturated heterocycles. The number of fused-ring (bicyclic) bond motifs is 1. The highest BCUT2D eigenvalue weighted by molar-refractivity contribution is 7.18. The highest BCUT2D eigenvalue weighted by Crippen LogP contribution is 2.45. The van der Waals surface area contributed by atoms with Crippen molar-refractivity contribution < 1.29 is 33.6 Å². The lowest BCUT2D eigenvalue weighted by molar-refractivity contribution is 0.0553. The highest BCUT2D eigenvalue weighted by Gasteiger charge is 2.31. The van der Waals surface area contributed by atoms with E-state index in [-0.39, 0.29) is 16.9 Å². The number of methoxy groups -OCH3 is 4. The molecule has 0 spiro atoms. The van der Waals surface area contributed by atoms with Gasteiger partial charge in [0, 0.05) is 15.6 Å². The van der Waals surface area contributed by atoms with Crippen molar-refractivity contribution in [2.24, 2.45) is 0 Å². The van der Waals surface area contributed by atoms with E-state index in [1.54, 1.807) is 29.6 Å². The molecule has 0 saturated carbocycles. The number of phenols is 1. The van der Waals surface area contributed by atoms with Crippen LogP contribution >= 0.6 is 11.3 Å². The van der Waals surface area contributed by atoms with E-state index in [1.165, 1.54) is 39.8 Å². The lowest BCUT2D eigenvalue weighted by atomic mass is 9.92. The van der Waals surface area contributed by atoms with E-state index >= 15 is 0 Å².